The Kier molecular flexibility index (Phi) is 5.29. The van der Waals surface area contributed by atoms with E-state index >= 15 is 0 Å². The van der Waals surface area contributed by atoms with Crippen molar-refractivity contribution in [3.05, 3.63) is 45.7 Å². The number of nitrogens with two attached hydrogens (primary N) is 1. The number of nitrogens with zero attached hydrogens (tertiary/aromatic N) is 3. The average molecular weight is 447 g/mol. The Morgan fingerprint density at radius 3 is 2.81 bits per heavy atom. The summed E-state index contributed by atoms with van der Waals surface area (Å²) >= 11 is 5.12. The van der Waals surface area contributed by atoms with E-state index in [1.54, 1.807) is 11.3 Å². The summed E-state index contributed by atoms with van der Waals surface area (Å²) in [6.07, 6.45) is 0.781. The summed E-state index contributed by atoms with van der Waals surface area (Å²) in [5, 5.41) is 0. The topological polar surface area (TPSA) is 75.2 Å². The van der Waals surface area contributed by atoms with Gasteiger partial charge in [-0.15, -0.1) is 11.3 Å². The fourth-order valence-corrected chi connectivity index (χ4v) is 4.53. The van der Waals surface area contributed by atoms with Crippen molar-refractivity contribution in [2.24, 2.45) is 7.05 Å². The molecule has 0 aliphatic heterocycles. The number of anilines is 1. The first-order chi connectivity index (χ1) is 13.1. The minimum Gasteiger partial charge on any atom is -0.465 e. The third-order valence-corrected chi connectivity index (χ3v) is 5.84. The third kappa shape index (κ3) is 3.78. The Morgan fingerprint density at radius 2 is 2.00 bits per heavy atom. The zero-order chi connectivity index (χ0) is 18.8. The molecule has 0 unspecified atom stereocenters. The van der Waals surface area contributed by atoms with Crippen LogP contribution in [0.2, 0.25) is 0 Å². The van der Waals surface area contributed by atoms with Gasteiger partial charge in [0.25, 0.3) is 6.01 Å². The number of benzene rings is 1. The molecule has 0 saturated heterocycles. The molecule has 2 N–H and O–H groups in total. The van der Waals surface area contributed by atoms with Crippen molar-refractivity contribution in [2.45, 2.75) is 13.0 Å². The lowest BCUT2D eigenvalue weighted by molar-refractivity contribution is 0.105. The largest absolute Gasteiger partial charge is 0.465 e. The van der Waals surface area contributed by atoms with Gasteiger partial charge >= 0.3 is 0 Å². The molecule has 4 aromatic rings. The number of pyridine rings is 1. The summed E-state index contributed by atoms with van der Waals surface area (Å²) in [4.78, 5) is 8.98. The van der Waals surface area contributed by atoms with E-state index in [1.165, 1.54) is 5.56 Å². The molecule has 0 aliphatic rings. The Bertz CT molecular complexity index is 1080. The van der Waals surface area contributed by atoms with Crippen LogP contribution in [0.3, 0.4) is 0 Å². The van der Waals surface area contributed by atoms with Gasteiger partial charge in [-0.3, -0.25) is 4.57 Å². The normalized spacial score (nSPS) is 11.5. The summed E-state index contributed by atoms with van der Waals surface area (Å²) in [6.45, 7) is 1.77. The number of ether oxygens (including phenoxy) is 2. The molecule has 27 heavy (non-hydrogen) atoms. The van der Waals surface area contributed by atoms with E-state index in [1.807, 2.05) is 35.9 Å². The van der Waals surface area contributed by atoms with Gasteiger partial charge in [-0.1, -0.05) is 30.3 Å². The Hall–Kier alpha value is -2.16. The van der Waals surface area contributed by atoms with Crippen LogP contribution in [0.25, 0.3) is 21.3 Å². The number of hydrogen-bond acceptors (Lipinski definition) is 6. The summed E-state index contributed by atoms with van der Waals surface area (Å²) < 4.78 is 15.5. The highest BCUT2D eigenvalue weighted by atomic mass is 79.9. The SMILES string of the molecule is Cn1c(OCCCOCc2ccccc2)nc2c(N)nc3cc(Br)sc3c21. The van der Waals surface area contributed by atoms with Crippen molar-refractivity contribution in [2.75, 3.05) is 18.9 Å². The quantitative estimate of drug-likeness (QED) is 0.422. The fourth-order valence-electron chi connectivity index (χ4n) is 2.92. The highest BCUT2D eigenvalue weighted by Crippen LogP contribution is 2.37. The molecule has 140 valence electrons. The van der Waals surface area contributed by atoms with E-state index in [0.717, 1.165) is 25.9 Å². The van der Waals surface area contributed by atoms with Gasteiger partial charge in [0.15, 0.2) is 5.82 Å². The van der Waals surface area contributed by atoms with E-state index in [-0.39, 0.29) is 0 Å². The summed E-state index contributed by atoms with van der Waals surface area (Å²) in [6, 6.07) is 12.6. The lowest BCUT2D eigenvalue weighted by Gasteiger charge is -2.07. The maximum atomic E-state index is 6.09. The number of nitrogen functional groups attached to an aromatic ring is 1. The van der Waals surface area contributed by atoms with Crippen molar-refractivity contribution in [1.82, 2.24) is 14.5 Å². The molecular weight excluding hydrogens is 428 g/mol. The summed E-state index contributed by atoms with van der Waals surface area (Å²) in [5.74, 6) is 0.416. The summed E-state index contributed by atoms with van der Waals surface area (Å²) in [5.41, 5.74) is 9.74. The first-order valence-corrected chi connectivity index (χ1v) is 10.2. The van der Waals surface area contributed by atoms with Crippen molar-refractivity contribution < 1.29 is 9.47 Å². The molecule has 0 saturated carbocycles. The number of imidazole rings is 1. The monoisotopic (exact) mass is 446 g/mol. The second-order valence-corrected chi connectivity index (χ2v) is 8.58. The van der Waals surface area contributed by atoms with Gasteiger partial charge in [0.05, 0.1) is 39.3 Å². The highest BCUT2D eigenvalue weighted by Gasteiger charge is 2.17. The molecule has 0 bridgehead atoms. The predicted molar refractivity (Wildman–Crippen MR) is 112 cm³/mol. The Balaban J connectivity index is 1.40. The second-order valence-electron chi connectivity index (χ2n) is 6.15. The van der Waals surface area contributed by atoms with Gasteiger partial charge in [-0.05, 0) is 27.6 Å². The summed E-state index contributed by atoms with van der Waals surface area (Å²) in [7, 11) is 1.93. The minimum absolute atomic E-state index is 0.416. The standard InChI is InChI=1S/C19H19BrN4O2S/c1-24-16-15(18(21)22-13-10-14(20)27-17(13)16)23-19(24)26-9-5-8-25-11-12-6-3-2-4-7-12/h2-4,6-7,10H,5,8-9,11H2,1H3,(H2,21,22). The molecule has 0 atom stereocenters. The molecule has 1 aromatic carbocycles. The minimum atomic E-state index is 0.416. The van der Waals surface area contributed by atoms with Crippen LogP contribution >= 0.6 is 27.3 Å². The van der Waals surface area contributed by atoms with Crippen molar-refractivity contribution in [3.63, 3.8) is 0 Å². The van der Waals surface area contributed by atoms with Crippen LogP contribution in [0.5, 0.6) is 6.01 Å². The van der Waals surface area contributed by atoms with E-state index in [4.69, 9.17) is 15.2 Å². The van der Waals surface area contributed by atoms with Crippen LogP contribution < -0.4 is 10.5 Å². The Morgan fingerprint density at radius 1 is 1.19 bits per heavy atom. The van der Waals surface area contributed by atoms with Crippen molar-refractivity contribution >= 4 is 54.3 Å². The van der Waals surface area contributed by atoms with E-state index < -0.39 is 0 Å². The van der Waals surface area contributed by atoms with Crippen LogP contribution in [0.4, 0.5) is 5.82 Å². The Labute approximate surface area is 169 Å². The molecule has 4 rings (SSSR count). The first kappa shape index (κ1) is 18.2. The molecule has 0 radical (unpaired) electrons. The number of thiophene rings is 1. The smallest absolute Gasteiger partial charge is 0.297 e. The predicted octanol–water partition coefficient (Wildman–Crippen LogP) is 4.51. The number of hydrogen-bond donors (Lipinski definition) is 1. The van der Waals surface area contributed by atoms with Gasteiger partial charge in [-0.2, -0.15) is 4.98 Å². The molecule has 0 amide bonds. The molecule has 0 spiro atoms. The van der Waals surface area contributed by atoms with Gasteiger partial charge in [0.2, 0.25) is 0 Å². The molecule has 0 aliphatic carbocycles. The number of fused-ring (bicyclic) bond motifs is 3. The molecule has 3 heterocycles. The highest BCUT2D eigenvalue weighted by molar-refractivity contribution is 9.11. The molecule has 0 fully saturated rings. The fraction of sp³-hybridized carbons (Fsp3) is 0.263. The molecule has 3 aromatic heterocycles. The number of aryl methyl sites for hydroxylation is 1. The van der Waals surface area contributed by atoms with E-state index in [2.05, 4.69) is 38.0 Å². The average Bonchev–Trinajstić information content (AvgIpc) is 3.19. The lowest BCUT2D eigenvalue weighted by Crippen LogP contribution is -2.06. The van der Waals surface area contributed by atoms with E-state index in [0.29, 0.717) is 37.2 Å². The van der Waals surface area contributed by atoms with Crippen LogP contribution in [0.1, 0.15) is 12.0 Å². The van der Waals surface area contributed by atoms with Crippen LogP contribution in [-0.4, -0.2) is 27.7 Å². The third-order valence-electron chi connectivity index (χ3n) is 4.21. The van der Waals surface area contributed by atoms with Crippen molar-refractivity contribution in [1.29, 1.82) is 0 Å². The van der Waals surface area contributed by atoms with Gasteiger partial charge < -0.3 is 15.2 Å². The number of rotatable bonds is 7. The number of aromatic nitrogens is 3. The lowest BCUT2D eigenvalue weighted by atomic mass is 10.2. The van der Waals surface area contributed by atoms with Crippen LogP contribution in [0, 0.1) is 0 Å². The second kappa shape index (κ2) is 7.84. The van der Waals surface area contributed by atoms with Crippen molar-refractivity contribution in [3.8, 4) is 6.01 Å². The van der Waals surface area contributed by atoms with Crippen LogP contribution in [0.15, 0.2) is 40.2 Å². The van der Waals surface area contributed by atoms with Gasteiger partial charge in [-0.25, -0.2) is 4.98 Å². The molecule has 6 nitrogen and oxygen atoms in total. The zero-order valence-electron chi connectivity index (χ0n) is 14.8. The van der Waals surface area contributed by atoms with Gasteiger partial charge in [0.1, 0.15) is 5.52 Å². The zero-order valence-corrected chi connectivity index (χ0v) is 17.2. The number of halogens is 1. The maximum absolute atomic E-state index is 6.09. The van der Waals surface area contributed by atoms with Gasteiger partial charge in [0, 0.05) is 13.5 Å². The molecular formula is C19H19BrN4O2S. The van der Waals surface area contributed by atoms with E-state index in [9.17, 15) is 0 Å². The maximum Gasteiger partial charge on any atom is 0.297 e. The first-order valence-electron chi connectivity index (χ1n) is 8.59. The molecule has 8 heteroatoms. The van der Waals surface area contributed by atoms with Crippen LogP contribution in [-0.2, 0) is 18.4 Å².